The maximum absolute atomic E-state index is 11.9. The van der Waals surface area contributed by atoms with Crippen molar-refractivity contribution in [2.75, 3.05) is 31.6 Å². The Morgan fingerprint density at radius 3 is 2.52 bits per heavy atom. The molecule has 0 saturated carbocycles. The number of carbonyl (C=O) groups is 1. The van der Waals surface area contributed by atoms with Gasteiger partial charge in [0.25, 0.3) is 0 Å². The van der Waals surface area contributed by atoms with Gasteiger partial charge in [0.15, 0.2) is 5.60 Å². The number of anilines is 1. The van der Waals surface area contributed by atoms with Gasteiger partial charge in [-0.15, -0.1) is 0 Å². The van der Waals surface area contributed by atoms with Gasteiger partial charge < -0.3 is 19.6 Å². The molecule has 1 saturated heterocycles. The Bertz CT molecular complexity index is 569. The Balaban J connectivity index is 2.04. The van der Waals surface area contributed by atoms with Crippen LogP contribution in [0.25, 0.3) is 0 Å². The lowest BCUT2D eigenvalue weighted by Crippen LogP contribution is -2.49. The quantitative estimate of drug-likeness (QED) is 0.587. The molecule has 125 valence electrons. The predicted molar refractivity (Wildman–Crippen MR) is 94.5 cm³/mol. The van der Waals surface area contributed by atoms with Gasteiger partial charge >= 0.3 is 7.48 Å². The minimum absolute atomic E-state index is 0.138. The lowest BCUT2D eigenvalue weighted by Gasteiger charge is -2.34. The highest BCUT2D eigenvalue weighted by Gasteiger charge is 2.40. The molecule has 5 nitrogen and oxygen atoms in total. The van der Waals surface area contributed by atoms with Crippen LogP contribution in [0.4, 0.5) is 5.69 Å². The second-order valence-corrected chi connectivity index (χ2v) is 7.20. The van der Waals surface area contributed by atoms with Crippen molar-refractivity contribution in [3.8, 4) is 0 Å². The summed E-state index contributed by atoms with van der Waals surface area (Å²) in [6, 6.07) is 7.96. The number of amides is 1. The molecule has 1 aromatic rings. The second kappa shape index (κ2) is 6.53. The van der Waals surface area contributed by atoms with Gasteiger partial charge in [0.2, 0.25) is 5.91 Å². The lowest BCUT2D eigenvalue weighted by atomic mass is 9.82. The molecule has 0 unspecified atom stereocenters. The second-order valence-electron chi connectivity index (χ2n) is 7.20. The predicted octanol–water partition coefficient (Wildman–Crippen LogP) is 0.508. The van der Waals surface area contributed by atoms with E-state index in [2.05, 4.69) is 4.90 Å². The Labute approximate surface area is 139 Å². The summed E-state index contributed by atoms with van der Waals surface area (Å²) < 4.78 is 5.85. The minimum Gasteiger partial charge on any atom is -0.439 e. The molecule has 0 aromatic heterocycles. The van der Waals surface area contributed by atoms with Gasteiger partial charge in [0, 0.05) is 39.7 Å². The minimum atomic E-state index is -0.703. The number of likely N-dealkylation sites (N-methyl/N-ethyl adjacent to an activating group) is 1. The normalized spacial score (nSPS) is 16.7. The van der Waals surface area contributed by atoms with Gasteiger partial charge in [0.1, 0.15) is 5.60 Å². The summed E-state index contributed by atoms with van der Waals surface area (Å²) in [5.41, 5.74) is 0.663. The van der Waals surface area contributed by atoms with E-state index in [0.717, 1.165) is 24.2 Å². The van der Waals surface area contributed by atoms with E-state index in [4.69, 9.17) is 9.76 Å². The highest BCUT2D eigenvalue weighted by Crippen LogP contribution is 2.24. The van der Waals surface area contributed by atoms with E-state index in [1.54, 1.807) is 12.4 Å². The third-order valence-electron chi connectivity index (χ3n) is 4.69. The molecule has 2 rings (SSSR count). The summed E-state index contributed by atoms with van der Waals surface area (Å²) in [5, 5.41) is 8.15. The first-order chi connectivity index (χ1) is 10.6. The Kier molecular flexibility index (Phi) is 5.06. The van der Waals surface area contributed by atoms with Gasteiger partial charge in [-0.3, -0.25) is 4.79 Å². The average Bonchev–Trinajstić information content (AvgIpc) is 2.47. The van der Waals surface area contributed by atoms with Crippen molar-refractivity contribution in [2.45, 2.75) is 38.9 Å². The van der Waals surface area contributed by atoms with Gasteiger partial charge in [-0.05, 0) is 26.0 Å². The van der Waals surface area contributed by atoms with Crippen molar-refractivity contribution in [3.05, 3.63) is 24.3 Å². The lowest BCUT2D eigenvalue weighted by molar-refractivity contribution is -0.129. The zero-order valence-corrected chi connectivity index (χ0v) is 14.7. The molecule has 2 N–H and O–H groups in total. The van der Waals surface area contributed by atoms with Gasteiger partial charge in [-0.25, -0.2) is 0 Å². The van der Waals surface area contributed by atoms with Crippen LogP contribution in [0.5, 0.6) is 0 Å². The molecule has 1 amide bonds. The zero-order valence-electron chi connectivity index (χ0n) is 14.7. The fraction of sp³-hybridized carbons (Fsp3) is 0.588. The van der Waals surface area contributed by atoms with E-state index in [-0.39, 0.29) is 5.91 Å². The number of piperazine rings is 1. The van der Waals surface area contributed by atoms with E-state index < -0.39 is 11.2 Å². The number of benzene rings is 1. The first-order valence-corrected chi connectivity index (χ1v) is 7.95. The maximum atomic E-state index is 11.9. The van der Waals surface area contributed by atoms with Crippen molar-refractivity contribution < 1.29 is 14.6 Å². The fourth-order valence-electron chi connectivity index (χ4n) is 2.14. The fourth-order valence-corrected chi connectivity index (χ4v) is 2.14. The molecule has 1 aliphatic rings. The number of carbonyl (C=O) groups excluding carboxylic acids is 1. The van der Waals surface area contributed by atoms with Crippen LogP contribution >= 0.6 is 0 Å². The van der Waals surface area contributed by atoms with Crippen molar-refractivity contribution in [2.24, 2.45) is 0 Å². The van der Waals surface area contributed by atoms with Crippen LogP contribution in [0, 0.1) is 0 Å². The molecule has 0 bridgehead atoms. The van der Waals surface area contributed by atoms with Gasteiger partial charge in [-0.2, -0.15) is 0 Å². The van der Waals surface area contributed by atoms with Gasteiger partial charge in [-0.1, -0.05) is 17.6 Å². The molecule has 0 aliphatic carbocycles. The summed E-state index contributed by atoms with van der Waals surface area (Å²) in [6.45, 7) is 9.49. The van der Waals surface area contributed by atoms with E-state index >= 15 is 0 Å². The van der Waals surface area contributed by atoms with Crippen LogP contribution in [-0.2, 0) is 9.45 Å². The van der Waals surface area contributed by atoms with Crippen molar-refractivity contribution in [3.63, 3.8) is 0 Å². The van der Waals surface area contributed by atoms with Crippen LogP contribution in [0.1, 0.15) is 27.7 Å². The molecule has 0 atom stereocenters. The van der Waals surface area contributed by atoms with Crippen LogP contribution in [0.15, 0.2) is 24.3 Å². The Hall–Kier alpha value is -1.53. The van der Waals surface area contributed by atoms with E-state index in [9.17, 15) is 4.79 Å². The molecule has 1 aliphatic heterocycles. The molecule has 23 heavy (non-hydrogen) atoms. The number of rotatable bonds is 5. The SMILES string of the molecule is CN1CCN(c2cccc([B]OC(C)(C)C(C)(C)[OH2+])c2)CC1=O. The molecular weight excluding hydrogens is 291 g/mol. The third kappa shape index (κ3) is 4.27. The molecule has 1 aromatic carbocycles. The van der Waals surface area contributed by atoms with Gasteiger partial charge in [0.05, 0.1) is 6.54 Å². The highest BCUT2D eigenvalue weighted by atomic mass is 16.5. The number of nitrogens with zero attached hydrogens (tertiary/aromatic N) is 2. The van der Waals surface area contributed by atoms with Crippen LogP contribution in [0.3, 0.4) is 0 Å². The summed E-state index contributed by atoms with van der Waals surface area (Å²) in [5.74, 6) is 0.138. The van der Waals surface area contributed by atoms with E-state index in [0.29, 0.717) is 6.54 Å². The van der Waals surface area contributed by atoms with Crippen molar-refractivity contribution in [1.29, 1.82) is 0 Å². The third-order valence-corrected chi connectivity index (χ3v) is 4.69. The Morgan fingerprint density at radius 2 is 1.91 bits per heavy atom. The van der Waals surface area contributed by atoms with E-state index in [1.165, 1.54) is 0 Å². The monoisotopic (exact) mass is 318 g/mol. The summed E-state index contributed by atoms with van der Waals surface area (Å²) >= 11 is 0. The highest BCUT2D eigenvalue weighted by molar-refractivity contribution is 6.47. The summed E-state index contributed by atoms with van der Waals surface area (Å²) in [4.78, 5) is 15.7. The zero-order chi connectivity index (χ0) is 17.3. The molecular formula is C17H27BN2O3+. The molecule has 1 fully saturated rings. The average molecular weight is 318 g/mol. The maximum Gasteiger partial charge on any atom is 0.331 e. The molecule has 1 heterocycles. The molecule has 6 heteroatoms. The first-order valence-electron chi connectivity index (χ1n) is 7.95. The van der Waals surface area contributed by atoms with E-state index in [1.807, 2.05) is 59.0 Å². The summed E-state index contributed by atoms with van der Waals surface area (Å²) in [7, 11) is 3.54. The van der Waals surface area contributed by atoms with Crippen LogP contribution < -0.4 is 10.4 Å². The first kappa shape index (κ1) is 17.8. The molecule has 1 radical (unpaired) electrons. The summed E-state index contributed by atoms with van der Waals surface area (Å²) in [6.07, 6.45) is 0. The Morgan fingerprint density at radius 1 is 1.22 bits per heavy atom. The van der Waals surface area contributed by atoms with Crippen molar-refractivity contribution >= 4 is 24.5 Å². The largest absolute Gasteiger partial charge is 0.439 e. The van der Waals surface area contributed by atoms with Crippen LogP contribution in [-0.4, -0.2) is 61.3 Å². The smallest absolute Gasteiger partial charge is 0.331 e. The molecule has 0 spiro atoms. The standard InChI is InChI=1S/C17H26BN2O3/c1-16(2,22)17(3,4)23-18-13-7-6-8-14(11-13)20-10-9-19(5)15(21)12-20/h6-8,11,22H,9-10,12H2,1-5H3/p+1. The number of hydrogen-bond donors (Lipinski definition) is 0. The van der Waals surface area contributed by atoms with Crippen molar-refractivity contribution in [1.82, 2.24) is 4.90 Å². The topological polar surface area (TPSA) is 55.7 Å². The number of hydrogen-bond acceptors (Lipinski definition) is 3. The van der Waals surface area contributed by atoms with Crippen LogP contribution in [0.2, 0.25) is 0 Å².